The molecule has 1 aliphatic carbocycles. The van der Waals surface area contributed by atoms with Gasteiger partial charge >= 0.3 is 17.4 Å². The normalized spacial score (nSPS) is 21.8. The van der Waals surface area contributed by atoms with Crippen molar-refractivity contribution in [2.45, 2.75) is 25.7 Å². The zero-order valence-electron chi connectivity index (χ0n) is 12.0. The molecule has 116 valence electrons. The van der Waals surface area contributed by atoms with Crippen LogP contribution in [0.25, 0.3) is 0 Å². The molecule has 0 bridgehead atoms. The van der Waals surface area contributed by atoms with Crippen molar-refractivity contribution >= 4 is 5.69 Å². The maximum Gasteiger partial charge on any atom is 0.392 e. The Bertz CT molecular complexity index is 497. The van der Waals surface area contributed by atoms with Crippen molar-refractivity contribution in [3.63, 3.8) is 0 Å². The smallest absolute Gasteiger partial charge is 0.392 e. The molecule has 2 atom stereocenters. The van der Waals surface area contributed by atoms with Crippen molar-refractivity contribution in [2.75, 3.05) is 20.3 Å². The molecule has 1 aliphatic rings. The van der Waals surface area contributed by atoms with E-state index in [9.17, 15) is 10.1 Å². The number of nitro groups is 1. The molecule has 8 heteroatoms. The molecule has 2 rings (SSSR count). The summed E-state index contributed by atoms with van der Waals surface area (Å²) in [6.45, 7) is 0.992. The van der Waals surface area contributed by atoms with Gasteiger partial charge in [-0.1, -0.05) is 12.8 Å². The van der Waals surface area contributed by atoms with E-state index in [-0.39, 0.29) is 17.4 Å². The van der Waals surface area contributed by atoms with Gasteiger partial charge < -0.3 is 15.2 Å². The van der Waals surface area contributed by atoms with Gasteiger partial charge in [-0.2, -0.15) is 9.97 Å². The summed E-state index contributed by atoms with van der Waals surface area (Å²) in [6, 6.07) is 0. The first kappa shape index (κ1) is 15.4. The molecule has 1 fully saturated rings. The first-order valence-corrected chi connectivity index (χ1v) is 7.03. The molecule has 0 aromatic carbocycles. The Balaban J connectivity index is 2.10. The quantitative estimate of drug-likeness (QED) is 0.625. The summed E-state index contributed by atoms with van der Waals surface area (Å²) in [4.78, 5) is 18.1. The van der Waals surface area contributed by atoms with Gasteiger partial charge in [0.25, 0.3) is 0 Å². The lowest BCUT2D eigenvalue weighted by atomic mass is 9.80. The molecular weight excluding hydrogens is 276 g/mol. The maximum atomic E-state index is 11.1. The second kappa shape index (κ2) is 7.16. The van der Waals surface area contributed by atoms with Gasteiger partial charge in [0, 0.05) is 0 Å². The molecule has 21 heavy (non-hydrogen) atoms. The van der Waals surface area contributed by atoms with Crippen LogP contribution in [0.5, 0.6) is 11.8 Å². The van der Waals surface area contributed by atoms with E-state index >= 15 is 0 Å². The topological polar surface area (TPSA) is 113 Å². The lowest BCUT2D eigenvalue weighted by Crippen LogP contribution is -2.31. The van der Waals surface area contributed by atoms with Crippen molar-refractivity contribution in [2.24, 2.45) is 17.6 Å². The van der Waals surface area contributed by atoms with Crippen molar-refractivity contribution < 1.29 is 14.4 Å². The second-order valence-corrected chi connectivity index (χ2v) is 5.15. The summed E-state index contributed by atoms with van der Waals surface area (Å²) in [5.74, 6) is 0.572. The van der Waals surface area contributed by atoms with E-state index in [1.807, 2.05) is 0 Å². The van der Waals surface area contributed by atoms with Crippen molar-refractivity contribution in [1.82, 2.24) is 9.97 Å². The molecule has 0 amide bonds. The molecule has 0 aliphatic heterocycles. The number of ether oxygens (including phenoxy) is 2. The van der Waals surface area contributed by atoms with Gasteiger partial charge in [-0.05, 0) is 31.2 Å². The monoisotopic (exact) mass is 296 g/mol. The van der Waals surface area contributed by atoms with Gasteiger partial charge in [0.05, 0.1) is 18.6 Å². The molecule has 1 saturated carbocycles. The highest BCUT2D eigenvalue weighted by molar-refractivity contribution is 5.48. The molecule has 1 aromatic heterocycles. The van der Waals surface area contributed by atoms with Crippen LogP contribution in [0, 0.1) is 22.0 Å². The Kier molecular flexibility index (Phi) is 5.26. The highest BCUT2D eigenvalue weighted by Gasteiger charge is 2.29. The fraction of sp³-hybridized carbons (Fsp3) is 0.692. The highest BCUT2D eigenvalue weighted by atomic mass is 16.6. The predicted molar refractivity (Wildman–Crippen MR) is 75.2 cm³/mol. The van der Waals surface area contributed by atoms with Gasteiger partial charge in [0.1, 0.15) is 6.33 Å². The molecule has 2 unspecified atom stereocenters. The minimum atomic E-state index is -0.588. The maximum absolute atomic E-state index is 11.1. The molecule has 8 nitrogen and oxygen atoms in total. The average molecular weight is 296 g/mol. The van der Waals surface area contributed by atoms with Crippen molar-refractivity contribution in [3.05, 3.63) is 16.4 Å². The third-order valence-corrected chi connectivity index (χ3v) is 3.93. The first-order chi connectivity index (χ1) is 10.2. The van der Waals surface area contributed by atoms with E-state index in [2.05, 4.69) is 9.97 Å². The van der Waals surface area contributed by atoms with E-state index in [0.717, 1.165) is 19.3 Å². The summed E-state index contributed by atoms with van der Waals surface area (Å²) in [5.41, 5.74) is 5.44. The summed E-state index contributed by atoms with van der Waals surface area (Å²) < 4.78 is 10.5. The number of nitrogens with zero attached hydrogens (tertiary/aromatic N) is 3. The van der Waals surface area contributed by atoms with E-state index in [1.54, 1.807) is 0 Å². The van der Waals surface area contributed by atoms with Gasteiger partial charge in [-0.25, -0.2) is 0 Å². The van der Waals surface area contributed by atoms with Crippen LogP contribution in [0.3, 0.4) is 0 Å². The fourth-order valence-corrected chi connectivity index (χ4v) is 2.76. The van der Waals surface area contributed by atoms with Crippen LogP contribution in [-0.4, -0.2) is 35.2 Å². The third-order valence-electron chi connectivity index (χ3n) is 3.93. The van der Waals surface area contributed by atoms with Gasteiger partial charge in [0.2, 0.25) is 0 Å². The van der Waals surface area contributed by atoms with E-state index in [0.29, 0.717) is 25.0 Å². The van der Waals surface area contributed by atoms with Crippen LogP contribution >= 0.6 is 0 Å². The van der Waals surface area contributed by atoms with Crippen molar-refractivity contribution in [1.29, 1.82) is 0 Å². The van der Waals surface area contributed by atoms with E-state index in [1.165, 1.54) is 19.9 Å². The standard InChI is InChI=1S/C13H20N4O4/c1-20-12-11(17(18)19)13(16-8-15-12)21-7-10-5-3-2-4-9(10)6-14/h8-10H,2-7,14H2,1H3. The Hall–Kier alpha value is -1.96. The summed E-state index contributed by atoms with van der Waals surface area (Å²) in [7, 11) is 1.32. The van der Waals surface area contributed by atoms with E-state index in [4.69, 9.17) is 15.2 Å². The average Bonchev–Trinajstić information content (AvgIpc) is 2.52. The zero-order chi connectivity index (χ0) is 15.2. The van der Waals surface area contributed by atoms with Crippen molar-refractivity contribution in [3.8, 4) is 11.8 Å². The SMILES string of the molecule is COc1ncnc(OCC2CCCCC2CN)c1[N+](=O)[O-]. The lowest BCUT2D eigenvalue weighted by Gasteiger charge is -2.30. The summed E-state index contributed by atoms with van der Waals surface area (Å²) in [5, 5.41) is 11.1. The van der Waals surface area contributed by atoms with Crippen LogP contribution in [0.15, 0.2) is 6.33 Å². The minimum absolute atomic E-state index is 0.0480. The van der Waals surface area contributed by atoms with Gasteiger partial charge in [-0.15, -0.1) is 0 Å². The first-order valence-electron chi connectivity index (χ1n) is 7.03. The van der Waals surface area contributed by atoms with Crippen LogP contribution in [0.4, 0.5) is 5.69 Å². The number of rotatable bonds is 6. The Morgan fingerprint density at radius 1 is 1.33 bits per heavy atom. The van der Waals surface area contributed by atoms with Crippen LogP contribution < -0.4 is 15.2 Å². The van der Waals surface area contributed by atoms with Crippen LogP contribution in [-0.2, 0) is 0 Å². The molecule has 1 aromatic rings. The molecule has 1 heterocycles. The summed E-state index contributed by atoms with van der Waals surface area (Å²) >= 11 is 0. The molecule has 0 radical (unpaired) electrons. The van der Waals surface area contributed by atoms with Gasteiger partial charge in [-0.3, -0.25) is 10.1 Å². The van der Waals surface area contributed by atoms with E-state index < -0.39 is 4.92 Å². The van der Waals surface area contributed by atoms with Crippen LogP contribution in [0.1, 0.15) is 25.7 Å². The number of hydrogen-bond donors (Lipinski definition) is 1. The fourth-order valence-electron chi connectivity index (χ4n) is 2.76. The predicted octanol–water partition coefficient (Wildman–Crippen LogP) is 1.54. The Morgan fingerprint density at radius 3 is 2.62 bits per heavy atom. The Morgan fingerprint density at radius 2 is 2.00 bits per heavy atom. The number of aromatic nitrogens is 2. The Labute approximate surface area is 122 Å². The highest BCUT2D eigenvalue weighted by Crippen LogP contribution is 2.34. The second-order valence-electron chi connectivity index (χ2n) is 5.15. The lowest BCUT2D eigenvalue weighted by molar-refractivity contribution is -0.387. The number of methoxy groups -OCH3 is 1. The minimum Gasteiger partial charge on any atom is -0.476 e. The molecule has 0 saturated heterocycles. The molecule has 2 N–H and O–H groups in total. The largest absolute Gasteiger partial charge is 0.476 e. The number of nitrogens with two attached hydrogens (primary N) is 1. The van der Waals surface area contributed by atoms with Crippen LogP contribution in [0.2, 0.25) is 0 Å². The number of hydrogen-bond acceptors (Lipinski definition) is 7. The van der Waals surface area contributed by atoms with Gasteiger partial charge in [0.15, 0.2) is 0 Å². The zero-order valence-corrected chi connectivity index (χ0v) is 12.0. The third kappa shape index (κ3) is 3.57. The summed E-state index contributed by atoms with van der Waals surface area (Å²) in [6.07, 6.45) is 5.62. The molecule has 0 spiro atoms. The molecular formula is C13H20N4O4.